The summed E-state index contributed by atoms with van der Waals surface area (Å²) in [5.74, 6) is 1.90. The minimum absolute atomic E-state index is 0.228. The number of allylic oxidation sites excluding steroid dienone is 2. The summed E-state index contributed by atoms with van der Waals surface area (Å²) in [6, 6.07) is 0. The first-order valence-electron chi connectivity index (χ1n) is 5.09. The predicted octanol–water partition coefficient (Wildman–Crippen LogP) is 2.90. The molecule has 0 N–H and O–H groups in total. The molecule has 54 valence electrons. The highest BCUT2D eigenvalue weighted by Crippen LogP contribution is 2.54. The minimum Gasteiger partial charge on any atom is -0.0698 e. The van der Waals surface area contributed by atoms with Gasteiger partial charge < -0.3 is 0 Å². The zero-order valence-corrected chi connectivity index (χ0v) is 6.27. The summed E-state index contributed by atoms with van der Waals surface area (Å²) in [5, 5.41) is 0. The van der Waals surface area contributed by atoms with Crippen molar-refractivity contribution < 1.29 is 1.37 Å². The van der Waals surface area contributed by atoms with Crippen LogP contribution in [-0.4, -0.2) is 0 Å². The summed E-state index contributed by atoms with van der Waals surface area (Å²) in [6.45, 7) is 0. The normalized spacial score (nSPS) is 39.4. The Labute approximate surface area is 63.7 Å². The molecule has 0 radical (unpaired) electrons. The molecule has 0 aromatic heterocycles. The summed E-state index contributed by atoms with van der Waals surface area (Å²) >= 11 is 0. The van der Waals surface area contributed by atoms with Gasteiger partial charge in [0.15, 0.2) is 0 Å². The van der Waals surface area contributed by atoms with Crippen molar-refractivity contribution >= 4 is 0 Å². The zero-order chi connectivity index (χ0) is 7.42. The molecule has 3 rings (SSSR count). The molecular weight excluding hydrogens is 120 g/mol. The Kier molecular flexibility index (Phi) is 0.763. The summed E-state index contributed by atoms with van der Waals surface area (Å²) in [7, 11) is 0. The van der Waals surface area contributed by atoms with Crippen molar-refractivity contribution in [2.45, 2.75) is 38.5 Å². The molecule has 3 fully saturated rings. The van der Waals surface area contributed by atoms with Gasteiger partial charge in [0.1, 0.15) is 0 Å². The molecule has 1 atom stereocenters. The first kappa shape index (κ1) is 4.58. The van der Waals surface area contributed by atoms with E-state index < -0.39 is 0 Å². The average Bonchev–Trinajstić information content (AvgIpc) is 2.72. The summed E-state index contributed by atoms with van der Waals surface area (Å²) < 4.78 is 7.57. The van der Waals surface area contributed by atoms with Gasteiger partial charge >= 0.3 is 0 Å². The van der Waals surface area contributed by atoms with Crippen LogP contribution < -0.4 is 0 Å². The highest BCUT2D eigenvalue weighted by molar-refractivity contribution is 5.33. The lowest BCUT2D eigenvalue weighted by molar-refractivity contribution is 0.849. The van der Waals surface area contributed by atoms with E-state index in [2.05, 4.69) is 0 Å². The average molecular weight is 135 g/mol. The van der Waals surface area contributed by atoms with Crippen LogP contribution in [0.4, 0.5) is 0 Å². The van der Waals surface area contributed by atoms with Crippen LogP contribution in [0.1, 0.15) is 39.9 Å². The lowest BCUT2D eigenvalue weighted by atomic mass is 10.1. The fourth-order valence-corrected chi connectivity index (χ4v) is 1.93. The van der Waals surface area contributed by atoms with Crippen molar-refractivity contribution in [2.24, 2.45) is 11.8 Å². The molecule has 3 saturated carbocycles. The second-order valence-electron chi connectivity index (χ2n) is 3.94. The predicted molar refractivity (Wildman–Crippen MR) is 41.7 cm³/mol. The van der Waals surface area contributed by atoms with E-state index in [0.29, 0.717) is 0 Å². The fraction of sp³-hybridized carbons (Fsp3) is 0.800. The molecule has 10 heavy (non-hydrogen) atoms. The van der Waals surface area contributed by atoms with Crippen molar-refractivity contribution in [1.82, 2.24) is 0 Å². The van der Waals surface area contributed by atoms with E-state index in [4.69, 9.17) is 1.37 Å². The molecule has 3 aliphatic carbocycles. The Morgan fingerprint density at radius 1 is 1.20 bits per heavy atom. The smallest absolute Gasteiger partial charge is 0.0316 e. The number of hydrogen-bond acceptors (Lipinski definition) is 0. The van der Waals surface area contributed by atoms with Crippen LogP contribution in [0, 0.1) is 11.8 Å². The summed E-state index contributed by atoms with van der Waals surface area (Å²) in [5.41, 5.74) is 3.29. The minimum atomic E-state index is 0.228. The van der Waals surface area contributed by atoms with Gasteiger partial charge in [-0.1, -0.05) is 11.1 Å². The molecule has 0 amide bonds. The standard InChI is InChI=1S/C10H14/c1-2-7(1)10(8-3-4-8)9-5-6-9/h7-8H,1-6H2/i5D. The molecule has 0 saturated heterocycles. The van der Waals surface area contributed by atoms with Gasteiger partial charge in [-0.15, -0.1) is 0 Å². The maximum absolute atomic E-state index is 7.57. The lowest BCUT2D eigenvalue weighted by Crippen LogP contribution is -1.87. The molecule has 0 aliphatic heterocycles. The van der Waals surface area contributed by atoms with Crippen molar-refractivity contribution in [2.75, 3.05) is 0 Å². The molecule has 3 aliphatic rings. The van der Waals surface area contributed by atoms with Gasteiger partial charge in [0, 0.05) is 1.37 Å². The number of rotatable bonds is 2. The molecule has 0 nitrogen and oxygen atoms in total. The Morgan fingerprint density at radius 3 is 2.00 bits per heavy atom. The van der Waals surface area contributed by atoms with Crippen LogP contribution in [0.5, 0.6) is 0 Å². The topological polar surface area (TPSA) is 0 Å². The lowest BCUT2D eigenvalue weighted by Gasteiger charge is -2.00. The van der Waals surface area contributed by atoms with Gasteiger partial charge in [-0.2, -0.15) is 0 Å². The molecule has 1 unspecified atom stereocenters. The van der Waals surface area contributed by atoms with Crippen LogP contribution in [0.25, 0.3) is 0 Å². The second kappa shape index (κ2) is 1.66. The highest BCUT2D eigenvalue weighted by atomic mass is 14.4. The van der Waals surface area contributed by atoms with E-state index in [0.717, 1.165) is 18.3 Å². The van der Waals surface area contributed by atoms with Gasteiger partial charge in [0.2, 0.25) is 0 Å². The summed E-state index contributed by atoms with van der Waals surface area (Å²) in [6.07, 6.45) is 7.07. The van der Waals surface area contributed by atoms with Crippen LogP contribution in [-0.2, 0) is 0 Å². The van der Waals surface area contributed by atoms with Gasteiger partial charge in [-0.3, -0.25) is 0 Å². The van der Waals surface area contributed by atoms with Crippen molar-refractivity contribution in [3.05, 3.63) is 11.1 Å². The monoisotopic (exact) mass is 135 g/mol. The Bertz CT molecular complexity index is 207. The zero-order valence-electron chi connectivity index (χ0n) is 7.27. The van der Waals surface area contributed by atoms with E-state index in [1.54, 1.807) is 5.57 Å². The van der Waals surface area contributed by atoms with Crippen LogP contribution in [0.3, 0.4) is 0 Å². The third kappa shape index (κ3) is 0.817. The molecule has 0 heterocycles. The first-order valence-corrected chi connectivity index (χ1v) is 4.51. The maximum atomic E-state index is 7.57. The molecule has 0 heteroatoms. The molecule has 0 aromatic carbocycles. The third-order valence-electron chi connectivity index (χ3n) is 2.81. The Balaban J connectivity index is 1.87. The van der Waals surface area contributed by atoms with Gasteiger partial charge in [-0.25, -0.2) is 0 Å². The SMILES string of the molecule is [2H]C1CC1=C(C1CC1)C1CC1. The van der Waals surface area contributed by atoms with Gasteiger partial charge in [0.05, 0.1) is 0 Å². The van der Waals surface area contributed by atoms with Gasteiger partial charge in [-0.05, 0) is 50.3 Å². The van der Waals surface area contributed by atoms with Crippen LogP contribution in [0.15, 0.2) is 11.1 Å². The van der Waals surface area contributed by atoms with E-state index in [9.17, 15) is 0 Å². The van der Waals surface area contributed by atoms with Crippen molar-refractivity contribution in [3.63, 3.8) is 0 Å². The quantitative estimate of drug-likeness (QED) is 0.511. The third-order valence-corrected chi connectivity index (χ3v) is 2.81. The Hall–Kier alpha value is -0.260. The van der Waals surface area contributed by atoms with Gasteiger partial charge in [0.25, 0.3) is 0 Å². The van der Waals surface area contributed by atoms with E-state index in [-0.39, 0.29) is 6.40 Å². The van der Waals surface area contributed by atoms with E-state index >= 15 is 0 Å². The van der Waals surface area contributed by atoms with Crippen LogP contribution in [0.2, 0.25) is 0 Å². The maximum Gasteiger partial charge on any atom is 0.0316 e. The largest absolute Gasteiger partial charge is 0.0698 e. The van der Waals surface area contributed by atoms with Crippen LogP contribution >= 0.6 is 0 Å². The fourth-order valence-electron chi connectivity index (χ4n) is 1.93. The molecular formula is C10H14. The summed E-state index contributed by atoms with van der Waals surface area (Å²) in [4.78, 5) is 0. The van der Waals surface area contributed by atoms with E-state index in [1.165, 1.54) is 31.3 Å². The molecule has 0 bridgehead atoms. The van der Waals surface area contributed by atoms with Crippen molar-refractivity contribution in [3.8, 4) is 0 Å². The molecule has 0 aromatic rings. The Morgan fingerprint density at radius 2 is 1.70 bits per heavy atom. The first-order chi connectivity index (χ1) is 5.36. The number of hydrogen-bond donors (Lipinski definition) is 0. The molecule has 0 spiro atoms. The van der Waals surface area contributed by atoms with Crippen molar-refractivity contribution in [1.29, 1.82) is 0 Å². The second-order valence-corrected chi connectivity index (χ2v) is 3.94. The highest BCUT2D eigenvalue weighted by Gasteiger charge is 2.39. The van der Waals surface area contributed by atoms with E-state index in [1.807, 2.05) is 0 Å².